The Balaban J connectivity index is 1.95. The lowest BCUT2D eigenvalue weighted by molar-refractivity contribution is 0.246. The number of benzene rings is 1. The first-order valence-corrected chi connectivity index (χ1v) is 7.97. The van der Waals surface area contributed by atoms with E-state index in [1.54, 1.807) is 0 Å². The number of primary amides is 1. The highest BCUT2D eigenvalue weighted by molar-refractivity contribution is 7.89. The lowest BCUT2D eigenvalue weighted by atomic mass is 10.1. The number of sulfonamides is 1. The van der Waals surface area contributed by atoms with E-state index in [1.165, 1.54) is 0 Å². The molecule has 1 amide bonds. The Bertz CT molecular complexity index is 874. The molecule has 2 aromatic rings. The van der Waals surface area contributed by atoms with Crippen LogP contribution >= 0.6 is 0 Å². The van der Waals surface area contributed by atoms with Gasteiger partial charge in [0, 0.05) is 31.1 Å². The summed E-state index contributed by atoms with van der Waals surface area (Å²) in [6, 6.07) is 1.32. The molecule has 10 heteroatoms. The van der Waals surface area contributed by atoms with Gasteiger partial charge in [0.25, 0.3) is 0 Å². The number of carbonyl (C=O) groups excluding carboxylic acids is 1. The molecule has 0 saturated carbocycles. The second-order valence-electron chi connectivity index (χ2n) is 4.98. The van der Waals surface area contributed by atoms with Gasteiger partial charge in [0.2, 0.25) is 10.0 Å². The number of aromatic nitrogens is 2. The molecule has 0 spiro atoms. The largest absolute Gasteiger partial charge is 0.350 e. The van der Waals surface area contributed by atoms with Crippen molar-refractivity contribution in [2.24, 2.45) is 5.73 Å². The van der Waals surface area contributed by atoms with E-state index < -0.39 is 32.6 Å². The molecule has 0 aliphatic carbocycles. The predicted molar refractivity (Wildman–Crippen MR) is 73.7 cm³/mol. The molecule has 0 unspecified atom stereocenters. The monoisotopic (exact) mass is 341 g/mol. The molecule has 2 heterocycles. The summed E-state index contributed by atoms with van der Waals surface area (Å²) in [4.78, 5) is 10.7. The molecular weight excluding hydrogens is 330 g/mol. The summed E-state index contributed by atoms with van der Waals surface area (Å²) in [6.45, 7) is -0.0800. The van der Waals surface area contributed by atoms with Crippen molar-refractivity contribution in [3.05, 3.63) is 47.3 Å². The van der Waals surface area contributed by atoms with Crippen molar-refractivity contribution in [2.45, 2.75) is 17.9 Å². The average Bonchev–Trinajstić information content (AvgIpc) is 2.89. The number of fused-ring (bicyclic) bond motifs is 1. The van der Waals surface area contributed by atoms with E-state index in [9.17, 15) is 22.0 Å². The van der Waals surface area contributed by atoms with Crippen LogP contribution in [0, 0.1) is 17.8 Å². The maximum Gasteiger partial charge on any atom is 0.339 e. The topological polar surface area (TPSA) is 98.3 Å². The average molecular weight is 341 g/mol. The van der Waals surface area contributed by atoms with Crippen molar-refractivity contribution in [3.8, 4) is 0 Å². The molecular formula is C13H11F2N4O3S. The van der Waals surface area contributed by atoms with Gasteiger partial charge < -0.3 is 5.73 Å². The van der Waals surface area contributed by atoms with Crippen LogP contribution in [0.2, 0.25) is 0 Å². The van der Waals surface area contributed by atoms with Crippen LogP contribution in [-0.2, 0) is 23.0 Å². The van der Waals surface area contributed by atoms with E-state index in [2.05, 4.69) is 11.3 Å². The number of carbonyl (C=O) groups is 1. The molecule has 7 nitrogen and oxygen atoms in total. The predicted octanol–water partition coefficient (Wildman–Crippen LogP) is 0.635. The van der Waals surface area contributed by atoms with Gasteiger partial charge in [-0.3, -0.25) is 0 Å². The van der Waals surface area contributed by atoms with Gasteiger partial charge in [-0.2, -0.15) is 14.1 Å². The highest BCUT2D eigenvalue weighted by Gasteiger charge is 2.31. The zero-order valence-electron chi connectivity index (χ0n) is 11.7. The molecule has 1 aromatic heterocycles. The molecule has 23 heavy (non-hydrogen) atoms. The van der Waals surface area contributed by atoms with Crippen LogP contribution in [-0.4, -0.2) is 35.1 Å². The molecule has 0 bridgehead atoms. The molecule has 1 aliphatic rings. The first-order valence-electron chi connectivity index (χ1n) is 6.53. The Morgan fingerprint density at radius 3 is 2.52 bits per heavy atom. The van der Waals surface area contributed by atoms with E-state index in [0.717, 1.165) is 21.1 Å². The second kappa shape index (κ2) is 5.39. The van der Waals surface area contributed by atoms with Gasteiger partial charge in [0.1, 0.15) is 17.8 Å². The third-order valence-corrected chi connectivity index (χ3v) is 5.33. The van der Waals surface area contributed by atoms with Crippen molar-refractivity contribution in [1.82, 2.24) is 14.1 Å². The number of nitrogens with zero attached hydrogens (tertiary/aromatic N) is 3. The van der Waals surface area contributed by atoms with Gasteiger partial charge >= 0.3 is 6.03 Å². The van der Waals surface area contributed by atoms with Crippen molar-refractivity contribution < 1.29 is 22.0 Å². The summed E-state index contributed by atoms with van der Waals surface area (Å²) < 4.78 is 53.5. The van der Waals surface area contributed by atoms with E-state index >= 15 is 0 Å². The van der Waals surface area contributed by atoms with Gasteiger partial charge in [0.15, 0.2) is 0 Å². The van der Waals surface area contributed by atoms with Crippen molar-refractivity contribution in [1.29, 1.82) is 0 Å². The number of halogens is 2. The maximum atomic E-state index is 13.3. The molecule has 2 N–H and O–H groups in total. The summed E-state index contributed by atoms with van der Waals surface area (Å²) in [5.74, 6) is -1.95. The zero-order valence-corrected chi connectivity index (χ0v) is 12.5. The van der Waals surface area contributed by atoms with Crippen LogP contribution in [0.5, 0.6) is 0 Å². The fraction of sp³-hybridized carbons (Fsp3) is 0.231. The highest BCUT2D eigenvalue weighted by Crippen LogP contribution is 2.25. The lowest BCUT2D eigenvalue weighted by Gasteiger charge is -2.26. The van der Waals surface area contributed by atoms with E-state index in [1.807, 2.05) is 0 Å². The first-order chi connectivity index (χ1) is 10.8. The number of hydrogen-bond donors (Lipinski definition) is 1. The van der Waals surface area contributed by atoms with Crippen LogP contribution in [0.4, 0.5) is 13.6 Å². The fourth-order valence-electron chi connectivity index (χ4n) is 2.45. The smallest absolute Gasteiger partial charge is 0.339 e. The quantitative estimate of drug-likeness (QED) is 0.866. The Hall–Kier alpha value is -2.33. The zero-order chi connectivity index (χ0) is 16.8. The molecule has 1 aromatic carbocycles. The van der Waals surface area contributed by atoms with E-state index in [4.69, 9.17) is 5.73 Å². The standard InChI is InChI=1S/C13H11F2N4O3S/c14-9-3-10(15)5-11(4-9)23(21,22)18-2-1-12-8(7-18)6-17-19(12)13(16)20/h3-5H,1-2,7H2,(H2,16,20). The summed E-state index contributed by atoms with van der Waals surface area (Å²) >= 11 is 0. The van der Waals surface area contributed by atoms with Gasteiger partial charge in [0.05, 0.1) is 10.6 Å². The van der Waals surface area contributed by atoms with Gasteiger partial charge in [-0.1, -0.05) is 0 Å². The van der Waals surface area contributed by atoms with Crippen LogP contribution in [0.25, 0.3) is 0 Å². The minimum Gasteiger partial charge on any atom is -0.350 e. The number of rotatable bonds is 2. The second-order valence-corrected chi connectivity index (χ2v) is 6.92. The molecule has 1 radical (unpaired) electrons. The Kier molecular flexibility index (Phi) is 3.65. The minimum atomic E-state index is -4.08. The molecule has 3 rings (SSSR count). The summed E-state index contributed by atoms with van der Waals surface area (Å²) in [7, 11) is -4.08. The third-order valence-electron chi connectivity index (χ3n) is 3.50. The van der Waals surface area contributed by atoms with Crippen LogP contribution in [0.3, 0.4) is 0 Å². The Morgan fingerprint density at radius 1 is 1.26 bits per heavy atom. The van der Waals surface area contributed by atoms with Crippen molar-refractivity contribution in [2.75, 3.05) is 6.54 Å². The molecule has 121 valence electrons. The fourth-order valence-corrected chi connectivity index (χ4v) is 3.90. The molecule has 0 fully saturated rings. The number of nitrogens with two attached hydrogens (primary N) is 1. The van der Waals surface area contributed by atoms with E-state index in [-0.39, 0.29) is 19.5 Å². The van der Waals surface area contributed by atoms with Gasteiger partial charge in [-0.15, -0.1) is 0 Å². The summed E-state index contributed by atoms with van der Waals surface area (Å²) in [6.07, 6.45) is 2.73. The van der Waals surface area contributed by atoms with Crippen LogP contribution < -0.4 is 5.73 Å². The van der Waals surface area contributed by atoms with Crippen molar-refractivity contribution >= 4 is 16.1 Å². The maximum absolute atomic E-state index is 13.3. The highest BCUT2D eigenvalue weighted by atomic mass is 32.2. The van der Waals surface area contributed by atoms with Crippen LogP contribution in [0.1, 0.15) is 11.3 Å². The van der Waals surface area contributed by atoms with Crippen LogP contribution in [0.15, 0.2) is 23.1 Å². The lowest BCUT2D eigenvalue weighted by Crippen LogP contribution is -2.37. The van der Waals surface area contributed by atoms with Crippen molar-refractivity contribution in [3.63, 3.8) is 0 Å². The first kappa shape index (κ1) is 15.6. The minimum absolute atomic E-state index is 0.0281. The Labute approximate surface area is 130 Å². The number of hydrogen-bond acceptors (Lipinski definition) is 4. The SMILES string of the molecule is NC(=O)n1n[c]c2c1CCN(S(=O)(=O)c1cc(F)cc(F)c1)C2. The number of amides is 1. The Morgan fingerprint density at radius 2 is 1.91 bits per heavy atom. The molecule has 0 atom stereocenters. The third kappa shape index (κ3) is 2.70. The van der Waals surface area contributed by atoms with E-state index in [0.29, 0.717) is 17.3 Å². The summed E-state index contributed by atoms with van der Waals surface area (Å²) in [5.41, 5.74) is 6.03. The summed E-state index contributed by atoms with van der Waals surface area (Å²) in [5, 5.41) is 3.69. The molecule has 1 aliphatic heterocycles. The normalized spacial score (nSPS) is 15.4. The van der Waals surface area contributed by atoms with Gasteiger partial charge in [-0.25, -0.2) is 22.0 Å². The van der Waals surface area contributed by atoms with Gasteiger partial charge in [-0.05, 0) is 12.1 Å². The molecule has 0 saturated heterocycles.